The molecule has 1 aliphatic rings. The number of piperidine rings is 1. The Kier molecular flexibility index (Phi) is 6.52. The predicted octanol–water partition coefficient (Wildman–Crippen LogP) is 3.59. The largest absolute Gasteiger partial charge is 0.352 e. The normalized spacial score (nSPS) is 18.2. The lowest BCUT2D eigenvalue weighted by atomic mass is 10.0. The summed E-state index contributed by atoms with van der Waals surface area (Å²) in [7, 11) is -3.60. The molecule has 0 bridgehead atoms. The molecule has 1 heterocycles. The van der Waals surface area contributed by atoms with Gasteiger partial charge in [-0.05, 0) is 36.6 Å². The van der Waals surface area contributed by atoms with E-state index >= 15 is 0 Å². The molecule has 2 aromatic rings. The van der Waals surface area contributed by atoms with E-state index in [1.807, 2.05) is 18.2 Å². The molecule has 7 heteroatoms. The SMILES string of the molecule is O=C(C[C@@H]1CCCCN1S(=O)(=O)c1ccccc1)NCc1ccccc1Cl. The van der Waals surface area contributed by atoms with Gasteiger partial charge in [0.25, 0.3) is 0 Å². The summed E-state index contributed by atoms with van der Waals surface area (Å²) < 4.78 is 27.4. The minimum atomic E-state index is -3.60. The molecule has 0 spiro atoms. The number of nitrogens with zero attached hydrogens (tertiary/aromatic N) is 1. The molecule has 2 aromatic carbocycles. The highest BCUT2D eigenvalue weighted by molar-refractivity contribution is 7.89. The Morgan fingerprint density at radius 2 is 1.78 bits per heavy atom. The molecule has 1 N–H and O–H groups in total. The maximum atomic E-state index is 13.0. The van der Waals surface area contributed by atoms with Crippen molar-refractivity contribution in [3.63, 3.8) is 0 Å². The standard InChI is InChI=1S/C20H23ClN2O3S/c21-19-12-5-4-8-16(19)15-22-20(24)14-17-9-6-7-13-23(17)27(25,26)18-10-2-1-3-11-18/h1-5,8,10-12,17H,6-7,9,13-15H2,(H,22,24)/t17-/m0/s1. The van der Waals surface area contributed by atoms with Gasteiger partial charge in [-0.1, -0.05) is 54.4 Å². The van der Waals surface area contributed by atoms with Crippen molar-refractivity contribution in [2.75, 3.05) is 6.54 Å². The van der Waals surface area contributed by atoms with E-state index < -0.39 is 10.0 Å². The molecule has 1 amide bonds. The van der Waals surface area contributed by atoms with E-state index in [0.717, 1.165) is 18.4 Å². The number of hydrogen-bond donors (Lipinski definition) is 1. The van der Waals surface area contributed by atoms with Gasteiger partial charge in [-0.15, -0.1) is 0 Å². The van der Waals surface area contributed by atoms with Crippen molar-refractivity contribution in [2.45, 2.75) is 43.2 Å². The lowest BCUT2D eigenvalue weighted by Crippen LogP contribution is -2.45. The van der Waals surface area contributed by atoms with Gasteiger partial charge in [0.2, 0.25) is 15.9 Å². The average Bonchev–Trinajstić information content (AvgIpc) is 2.68. The Bertz CT molecular complexity index is 887. The Hall–Kier alpha value is -1.89. The molecular weight excluding hydrogens is 384 g/mol. The van der Waals surface area contributed by atoms with Gasteiger partial charge < -0.3 is 5.32 Å². The molecular formula is C20H23ClN2O3S. The zero-order chi connectivity index (χ0) is 19.3. The maximum Gasteiger partial charge on any atom is 0.243 e. The van der Waals surface area contributed by atoms with Crippen molar-refractivity contribution >= 4 is 27.5 Å². The first-order valence-corrected chi connectivity index (χ1v) is 10.9. The van der Waals surface area contributed by atoms with Crippen LogP contribution in [0.2, 0.25) is 5.02 Å². The number of halogens is 1. The van der Waals surface area contributed by atoms with Crippen LogP contribution in [0.15, 0.2) is 59.5 Å². The molecule has 1 saturated heterocycles. The van der Waals surface area contributed by atoms with Crippen LogP contribution < -0.4 is 5.32 Å². The zero-order valence-corrected chi connectivity index (χ0v) is 16.5. The van der Waals surface area contributed by atoms with E-state index in [4.69, 9.17) is 11.6 Å². The van der Waals surface area contributed by atoms with Crippen molar-refractivity contribution in [2.24, 2.45) is 0 Å². The molecule has 0 aliphatic carbocycles. The number of sulfonamides is 1. The van der Waals surface area contributed by atoms with E-state index in [1.165, 1.54) is 4.31 Å². The minimum Gasteiger partial charge on any atom is -0.352 e. The van der Waals surface area contributed by atoms with Crippen LogP contribution in [0, 0.1) is 0 Å². The van der Waals surface area contributed by atoms with Crippen molar-refractivity contribution < 1.29 is 13.2 Å². The van der Waals surface area contributed by atoms with E-state index in [2.05, 4.69) is 5.32 Å². The van der Waals surface area contributed by atoms with E-state index in [0.29, 0.717) is 24.5 Å². The highest BCUT2D eigenvalue weighted by atomic mass is 35.5. The van der Waals surface area contributed by atoms with Gasteiger partial charge in [-0.25, -0.2) is 8.42 Å². The van der Waals surface area contributed by atoms with Crippen LogP contribution in [0.25, 0.3) is 0 Å². The third kappa shape index (κ3) is 4.89. The van der Waals surface area contributed by atoms with Gasteiger partial charge in [0.1, 0.15) is 0 Å². The highest BCUT2D eigenvalue weighted by Crippen LogP contribution is 2.27. The molecule has 0 radical (unpaired) electrons. The molecule has 27 heavy (non-hydrogen) atoms. The van der Waals surface area contributed by atoms with Gasteiger partial charge in [0.05, 0.1) is 4.90 Å². The van der Waals surface area contributed by atoms with Crippen LogP contribution in [-0.2, 0) is 21.4 Å². The fourth-order valence-electron chi connectivity index (χ4n) is 3.34. The Labute approximate surface area is 165 Å². The summed E-state index contributed by atoms with van der Waals surface area (Å²) in [6.07, 6.45) is 2.56. The monoisotopic (exact) mass is 406 g/mol. The first-order valence-electron chi connectivity index (χ1n) is 9.05. The maximum absolute atomic E-state index is 13.0. The fraction of sp³-hybridized carbons (Fsp3) is 0.350. The number of hydrogen-bond acceptors (Lipinski definition) is 3. The van der Waals surface area contributed by atoms with Crippen molar-refractivity contribution in [3.8, 4) is 0 Å². The lowest BCUT2D eigenvalue weighted by molar-refractivity contribution is -0.122. The van der Waals surface area contributed by atoms with Crippen LogP contribution in [0.1, 0.15) is 31.2 Å². The smallest absolute Gasteiger partial charge is 0.243 e. The summed E-state index contributed by atoms with van der Waals surface area (Å²) in [5, 5.41) is 3.45. The first kappa shape index (κ1) is 19.9. The van der Waals surface area contributed by atoms with Crippen LogP contribution >= 0.6 is 11.6 Å². The molecule has 144 valence electrons. The van der Waals surface area contributed by atoms with Gasteiger partial charge in [0.15, 0.2) is 0 Å². The van der Waals surface area contributed by atoms with Crippen LogP contribution in [0.3, 0.4) is 0 Å². The van der Waals surface area contributed by atoms with Gasteiger partial charge in [-0.2, -0.15) is 4.31 Å². The highest BCUT2D eigenvalue weighted by Gasteiger charge is 2.34. The molecule has 1 atom stereocenters. The van der Waals surface area contributed by atoms with E-state index in [1.54, 1.807) is 36.4 Å². The van der Waals surface area contributed by atoms with E-state index in [-0.39, 0.29) is 23.3 Å². The van der Waals surface area contributed by atoms with Gasteiger partial charge in [0, 0.05) is 30.6 Å². The quantitative estimate of drug-likeness (QED) is 0.797. The third-order valence-electron chi connectivity index (χ3n) is 4.78. The summed E-state index contributed by atoms with van der Waals surface area (Å²) in [6, 6.07) is 15.4. The fourth-order valence-corrected chi connectivity index (χ4v) is 5.26. The molecule has 5 nitrogen and oxygen atoms in total. The third-order valence-corrected chi connectivity index (χ3v) is 7.11. The van der Waals surface area contributed by atoms with Gasteiger partial charge >= 0.3 is 0 Å². The summed E-state index contributed by atoms with van der Waals surface area (Å²) in [5.41, 5.74) is 0.838. The Balaban J connectivity index is 1.67. The number of carbonyl (C=O) groups excluding carboxylic acids is 1. The number of nitrogens with one attached hydrogen (secondary N) is 1. The molecule has 1 aliphatic heterocycles. The predicted molar refractivity (Wildman–Crippen MR) is 106 cm³/mol. The summed E-state index contributed by atoms with van der Waals surface area (Å²) in [4.78, 5) is 12.7. The average molecular weight is 407 g/mol. The zero-order valence-electron chi connectivity index (χ0n) is 15.0. The van der Waals surface area contributed by atoms with Crippen molar-refractivity contribution in [3.05, 3.63) is 65.2 Å². The minimum absolute atomic E-state index is 0.149. The molecule has 0 saturated carbocycles. The van der Waals surface area contributed by atoms with Crippen molar-refractivity contribution in [1.82, 2.24) is 9.62 Å². The van der Waals surface area contributed by atoms with E-state index in [9.17, 15) is 13.2 Å². The number of rotatable bonds is 6. The second-order valence-corrected chi connectivity index (χ2v) is 8.95. The number of benzene rings is 2. The second kappa shape index (κ2) is 8.87. The Morgan fingerprint density at radius 1 is 1.07 bits per heavy atom. The van der Waals surface area contributed by atoms with Crippen LogP contribution in [0.4, 0.5) is 0 Å². The van der Waals surface area contributed by atoms with Crippen LogP contribution in [0.5, 0.6) is 0 Å². The number of carbonyl (C=O) groups is 1. The molecule has 0 aromatic heterocycles. The number of amides is 1. The molecule has 1 fully saturated rings. The van der Waals surface area contributed by atoms with Crippen LogP contribution in [-0.4, -0.2) is 31.2 Å². The van der Waals surface area contributed by atoms with Gasteiger partial charge in [-0.3, -0.25) is 4.79 Å². The first-order chi connectivity index (χ1) is 13.0. The second-order valence-electron chi connectivity index (χ2n) is 6.65. The summed E-state index contributed by atoms with van der Waals surface area (Å²) >= 11 is 6.11. The summed E-state index contributed by atoms with van der Waals surface area (Å²) in [5.74, 6) is -0.171. The van der Waals surface area contributed by atoms with Crippen molar-refractivity contribution in [1.29, 1.82) is 0 Å². The summed E-state index contributed by atoms with van der Waals surface area (Å²) in [6.45, 7) is 0.774. The molecule has 0 unspecified atom stereocenters. The Morgan fingerprint density at radius 3 is 2.52 bits per heavy atom. The topological polar surface area (TPSA) is 66.5 Å². The molecule has 3 rings (SSSR count). The lowest BCUT2D eigenvalue weighted by Gasteiger charge is -2.34.